The standard InChI is InChI=1S/C26H29N7O/c1-18(2)33-24-21(15-20(25(33)34)14-19-6-4-3-5-7-19)16-29-26(31-24)30-22-8-9-23(28-17-22)32-12-10-27-11-13-32/h3-9,15-18,27H,10-14H2,1-2H3,(H,29,30,31). The van der Waals surface area contributed by atoms with Gasteiger partial charge in [0.2, 0.25) is 5.95 Å². The number of piperazine rings is 1. The van der Waals surface area contributed by atoms with Gasteiger partial charge in [-0.3, -0.25) is 9.36 Å². The van der Waals surface area contributed by atoms with Crippen LogP contribution in [-0.4, -0.2) is 45.7 Å². The summed E-state index contributed by atoms with van der Waals surface area (Å²) in [4.78, 5) is 29.4. The van der Waals surface area contributed by atoms with E-state index < -0.39 is 0 Å². The highest BCUT2D eigenvalue weighted by atomic mass is 16.1. The molecule has 0 saturated carbocycles. The van der Waals surface area contributed by atoms with Gasteiger partial charge in [0.05, 0.1) is 11.9 Å². The lowest BCUT2D eigenvalue weighted by Crippen LogP contribution is -2.43. The lowest BCUT2D eigenvalue weighted by Gasteiger charge is -2.28. The number of nitrogens with zero attached hydrogens (tertiary/aromatic N) is 5. The Bertz CT molecular complexity index is 1330. The highest BCUT2D eigenvalue weighted by Crippen LogP contribution is 2.21. The van der Waals surface area contributed by atoms with Crippen molar-refractivity contribution in [2.24, 2.45) is 0 Å². The molecule has 174 valence electrons. The Morgan fingerprint density at radius 1 is 1.03 bits per heavy atom. The van der Waals surface area contributed by atoms with Crippen LogP contribution in [0, 0.1) is 0 Å². The van der Waals surface area contributed by atoms with E-state index in [4.69, 9.17) is 4.98 Å². The van der Waals surface area contributed by atoms with Gasteiger partial charge < -0.3 is 15.5 Å². The molecule has 4 aromatic rings. The maximum absolute atomic E-state index is 13.3. The van der Waals surface area contributed by atoms with Crippen molar-refractivity contribution < 1.29 is 0 Å². The first-order valence-corrected chi connectivity index (χ1v) is 11.7. The second-order valence-electron chi connectivity index (χ2n) is 8.84. The van der Waals surface area contributed by atoms with Crippen LogP contribution in [0.15, 0.2) is 65.7 Å². The van der Waals surface area contributed by atoms with Crippen molar-refractivity contribution in [2.45, 2.75) is 26.3 Å². The summed E-state index contributed by atoms with van der Waals surface area (Å²) < 4.78 is 1.76. The zero-order valence-corrected chi connectivity index (χ0v) is 19.5. The van der Waals surface area contributed by atoms with Crippen LogP contribution in [0.2, 0.25) is 0 Å². The number of aromatic nitrogens is 4. The number of anilines is 3. The summed E-state index contributed by atoms with van der Waals surface area (Å²) in [5.41, 5.74) is 3.25. The molecule has 34 heavy (non-hydrogen) atoms. The largest absolute Gasteiger partial charge is 0.354 e. The first-order chi connectivity index (χ1) is 16.6. The van der Waals surface area contributed by atoms with Crippen LogP contribution in [0.3, 0.4) is 0 Å². The van der Waals surface area contributed by atoms with Crippen LogP contribution in [-0.2, 0) is 6.42 Å². The van der Waals surface area contributed by atoms with E-state index in [0.717, 1.165) is 54.2 Å². The Balaban J connectivity index is 1.44. The Kier molecular flexibility index (Phi) is 6.22. The molecule has 0 atom stereocenters. The molecule has 8 heteroatoms. The zero-order chi connectivity index (χ0) is 23.5. The van der Waals surface area contributed by atoms with Crippen molar-refractivity contribution in [3.05, 3.63) is 82.4 Å². The Labute approximate surface area is 198 Å². The molecule has 0 aliphatic carbocycles. The van der Waals surface area contributed by atoms with E-state index in [1.54, 1.807) is 17.0 Å². The Hall–Kier alpha value is -3.78. The third-order valence-corrected chi connectivity index (χ3v) is 6.05. The number of hydrogen-bond acceptors (Lipinski definition) is 7. The van der Waals surface area contributed by atoms with E-state index in [2.05, 4.69) is 25.5 Å². The second-order valence-corrected chi connectivity index (χ2v) is 8.84. The molecule has 0 radical (unpaired) electrons. The first-order valence-electron chi connectivity index (χ1n) is 11.7. The minimum atomic E-state index is -0.0338. The topological polar surface area (TPSA) is 88.0 Å². The summed E-state index contributed by atoms with van der Waals surface area (Å²) in [6.07, 6.45) is 4.15. The number of hydrogen-bond donors (Lipinski definition) is 2. The summed E-state index contributed by atoms with van der Waals surface area (Å²) in [5, 5.41) is 7.43. The highest BCUT2D eigenvalue weighted by Gasteiger charge is 2.15. The zero-order valence-electron chi connectivity index (χ0n) is 19.5. The smallest absolute Gasteiger partial charge is 0.255 e. The third-order valence-electron chi connectivity index (χ3n) is 6.05. The van der Waals surface area contributed by atoms with Crippen LogP contribution < -0.4 is 21.1 Å². The first kappa shape index (κ1) is 22.0. The predicted octanol–water partition coefficient (Wildman–Crippen LogP) is 3.51. The molecule has 0 spiro atoms. The molecular weight excluding hydrogens is 426 g/mol. The molecule has 8 nitrogen and oxygen atoms in total. The van der Waals surface area contributed by atoms with Gasteiger partial charge >= 0.3 is 0 Å². The lowest BCUT2D eigenvalue weighted by molar-refractivity contribution is 0.585. The molecule has 1 aliphatic rings. The molecule has 1 fully saturated rings. The van der Waals surface area contributed by atoms with E-state index in [0.29, 0.717) is 18.0 Å². The van der Waals surface area contributed by atoms with Gasteiger partial charge in [0.1, 0.15) is 11.5 Å². The molecule has 0 bridgehead atoms. The van der Waals surface area contributed by atoms with E-state index in [9.17, 15) is 4.79 Å². The van der Waals surface area contributed by atoms with E-state index >= 15 is 0 Å². The summed E-state index contributed by atoms with van der Waals surface area (Å²) in [7, 11) is 0. The van der Waals surface area contributed by atoms with Crippen LogP contribution in [0.4, 0.5) is 17.5 Å². The van der Waals surface area contributed by atoms with Crippen molar-refractivity contribution in [1.82, 2.24) is 24.8 Å². The average Bonchev–Trinajstić information content (AvgIpc) is 2.86. The summed E-state index contributed by atoms with van der Waals surface area (Å²) >= 11 is 0. The summed E-state index contributed by atoms with van der Waals surface area (Å²) in [6, 6.07) is 15.9. The normalized spacial score (nSPS) is 14.0. The number of pyridine rings is 2. The minimum absolute atomic E-state index is 0.0157. The number of rotatable bonds is 6. The van der Waals surface area contributed by atoms with Crippen molar-refractivity contribution >= 4 is 28.5 Å². The fourth-order valence-electron chi connectivity index (χ4n) is 4.33. The Morgan fingerprint density at radius 3 is 2.53 bits per heavy atom. The molecule has 0 unspecified atom stereocenters. The maximum Gasteiger partial charge on any atom is 0.255 e. The van der Waals surface area contributed by atoms with E-state index in [1.165, 1.54) is 0 Å². The molecular formula is C26H29N7O. The number of benzene rings is 1. The van der Waals surface area contributed by atoms with Crippen LogP contribution in [0.25, 0.3) is 11.0 Å². The van der Waals surface area contributed by atoms with Gasteiger partial charge in [-0.15, -0.1) is 0 Å². The van der Waals surface area contributed by atoms with Gasteiger partial charge in [-0.2, -0.15) is 4.98 Å². The van der Waals surface area contributed by atoms with Gasteiger partial charge in [-0.05, 0) is 37.6 Å². The quantitative estimate of drug-likeness (QED) is 0.460. The van der Waals surface area contributed by atoms with E-state index in [1.807, 2.05) is 62.4 Å². The van der Waals surface area contributed by atoms with Crippen molar-refractivity contribution in [2.75, 3.05) is 36.4 Å². The molecule has 1 saturated heterocycles. The highest BCUT2D eigenvalue weighted by molar-refractivity contribution is 5.77. The SMILES string of the molecule is CC(C)n1c(=O)c(Cc2ccccc2)cc2cnc(Nc3ccc(N4CCNCC4)nc3)nc21. The molecule has 1 aliphatic heterocycles. The molecule has 0 amide bonds. The van der Waals surface area contributed by atoms with E-state index in [-0.39, 0.29) is 11.6 Å². The summed E-state index contributed by atoms with van der Waals surface area (Å²) in [6.45, 7) is 7.84. The fourth-order valence-corrected chi connectivity index (χ4v) is 4.33. The van der Waals surface area contributed by atoms with Gasteiger partial charge in [-0.25, -0.2) is 9.97 Å². The van der Waals surface area contributed by atoms with Gasteiger partial charge in [0, 0.05) is 55.8 Å². The lowest BCUT2D eigenvalue weighted by atomic mass is 10.1. The Morgan fingerprint density at radius 2 is 1.82 bits per heavy atom. The molecule has 5 rings (SSSR count). The molecule has 2 N–H and O–H groups in total. The van der Waals surface area contributed by atoms with Crippen molar-refractivity contribution in [3.63, 3.8) is 0 Å². The predicted molar refractivity (Wildman–Crippen MR) is 136 cm³/mol. The molecule has 3 aromatic heterocycles. The number of nitrogens with one attached hydrogen (secondary N) is 2. The second kappa shape index (κ2) is 9.61. The van der Waals surface area contributed by atoms with Crippen molar-refractivity contribution in [1.29, 1.82) is 0 Å². The van der Waals surface area contributed by atoms with Gasteiger partial charge in [-0.1, -0.05) is 30.3 Å². The van der Waals surface area contributed by atoms with Crippen LogP contribution >= 0.6 is 0 Å². The fraction of sp³-hybridized carbons (Fsp3) is 0.308. The van der Waals surface area contributed by atoms with Gasteiger partial charge in [0.25, 0.3) is 5.56 Å². The van der Waals surface area contributed by atoms with Crippen LogP contribution in [0.1, 0.15) is 31.0 Å². The maximum atomic E-state index is 13.3. The van der Waals surface area contributed by atoms with Crippen molar-refractivity contribution in [3.8, 4) is 0 Å². The number of fused-ring (bicyclic) bond motifs is 1. The molecule has 4 heterocycles. The molecule has 1 aromatic carbocycles. The minimum Gasteiger partial charge on any atom is -0.354 e. The van der Waals surface area contributed by atoms with Gasteiger partial charge in [0.15, 0.2) is 0 Å². The monoisotopic (exact) mass is 455 g/mol. The third kappa shape index (κ3) is 4.63. The summed E-state index contributed by atoms with van der Waals surface area (Å²) in [5.74, 6) is 1.40. The van der Waals surface area contributed by atoms with Crippen LogP contribution in [0.5, 0.6) is 0 Å². The average molecular weight is 456 g/mol.